The number of carboxylic acid groups (broad SMARTS) is 1. The predicted molar refractivity (Wildman–Crippen MR) is 78.0 cm³/mol. The second-order valence-corrected chi connectivity index (χ2v) is 5.77. The van der Waals surface area contributed by atoms with Crippen molar-refractivity contribution in [2.24, 2.45) is 5.92 Å². The molecular weight excluding hydrogens is 238 g/mol. The van der Waals surface area contributed by atoms with E-state index in [0.717, 1.165) is 17.7 Å². The van der Waals surface area contributed by atoms with Crippen LogP contribution in [0.3, 0.4) is 0 Å². The van der Waals surface area contributed by atoms with Crippen molar-refractivity contribution >= 4 is 11.7 Å². The van der Waals surface area contributed by atoms with Gasteiger partial charge in [-0.2, -0.15) is 0 Å². The average Bonchev–Trinajstić information content (AvgIpc) is 2.38. The molecule has 0 heterocycles. The summed E-state index contributed by atoms with van der Waals surface area (Å²) in [4.78, 5) is 13.6. The van der Waals surface area contributed by atoms with E-state index in [1.807, 2.05) is 26.1 Å². The van der Waals surface area contributed by atoms with Crippen molar-refractivity contribution in [1.29, 1.82) is 0 Å². The zero-order valence-electron chi connectivity index (χ0n) is 12.0. The maximum atomic E-state index is 11.4. The van der Waals surface area contributed by atoms with E-state index in [4.69, 9.17) is 0 Å². The molecule has 3 heteroatoms. The van der Waals surface area contributed by atoms with Gasteiger partial charge in [0.2, 0.25) is 0 Å². The third-order valence-corrected chi connectivity index (χ3v) is 4.33. The predicted octanol–water partition coefficient (Wildman–Crippen LogP) is 3.71. The van der Waals surface area contributed by atoms with Crippen LogP contribution in [-0.2, 0) is 0 Å². The maximum Gasteiger partial charge on any atom is 0.337 e. The third-order valence-electron chi connectivity index (χ3n) is 4.33. The molecule has 1 fully saturated rings. The second-order valence-electron chi connectivity index (χ2n) is 5.77. The zero-order valence-corrected chi connectivity index (χ0v) is 12.0. The van der Waals surface area contributed by atoms with Crippen LogP contribution in [0.2, 0.25) is 0 Å². The van der Waals surface area contributed by atoms with Gasteiger partial charge in [-0.1, -0.05) is 25.8 Å². The first-order valence-corrected chi connectivity index (χ1v) is 7.07. The van der Waals surface area contributed by atoms with Gasteiger partial charge in [0.05, 0.1) is 11.3 Å². The molecule has 1 N–H and O–H groups in total. The van der Waals surface area contributed by atoms with Gasteiger partial charge in [-0.25, -0.2) is 4.79 Å². The fourth-order valence-corrected chi connectivity index (χ4v) is 3.17. The normalized spacial score (nSPS) is 23.1. The molecule has 0 amide bonds. The van der Waals surface area contributed by atoms with Crippen LogP contribution in [0.4, 0.5) is 5.69 Å². The lowest BCUT2D eigenvalue weighted by molar-refractivity contribution is 0.0697. The second kappa shape index (κ2) is 5.64. The van der Waals surface area contributed by atoms with E-state index in [1.54, 1.807) is 6.07 Å². The van der Waals surface area contributed by atoms with Crippen molar-refractivity contribution in [3.05, 3.63) is 29.3 Å². The number of anilines is 1. The minimum atomic E-state index is -0.842. The molecule has 0 aromatic heterocycles. The van der Waals surface area contributed by atoms with Gasteiger partial charge < -0.3 is 10.0 Å². The van der Waals surface area contributed by atoms with Crippen LogP contribution in [0.1, 0.15) is 48.5 Å². The molecule has 0 radical (unpaired) electrons. The number of carbonyl (C=O) groups is 1. The maximum absolute atomic E-state index is 11.4. The van der Waals surface area contributed by atoms with Crippen LogP contribution in [-0.4, -0.2) is 24.2 Å². The van der Waals surface area contributed by atoms with Gasteiger partial charge in [-0.15, -0.1) is 0 Å². The summed E-state index contributed by atoms with van der Waals surface area (Å²) in [6.45, 7) is 4.28. The SMILES string of the molecule is Cc1ccc(C(=O)O)c(N(C)C2CCCCC2C)c1. The minimum Gasteiger partial charge on any atom is -0.478 e. The highest BCUT2D eigenvalue weighted by Crippen LogP contribution is 2.32. The lowest BCUT2D eigenvalue weighted by atomic mass is 9.84. The Morgan fingerprint density at radius 2 is 2.00 bits per heavy atom. The summed E-state index contributed by atoms with van der Waals surface area (Å²) in [7, 11) is 2.04. The summed E-state index contributed by atoms with van der Waals surface area (Å²) < 4.78 is 0. The lowest BCUT2D eigenvalue weighted by Gasteiger charge is -2.38. The molecule has 104 valence electrons. The van der Waals surface area contributed by atoms with Gasteiger partial charge in [0, 0.05) is 13.1 Å². The number of hydrogen-bond acceptors (Lipinski definition) is 2. The molecule has 3 nitrogen and oxygen atoms in total. The third kappa shape index (κ3) is 2.91. The molecule has 1 aliphatic rings. The first-order chi connectivity index (χ1) is 9.00. The molecule has 1 aromatic carbocycles. The van der Waals surface area contributed by atoms with Crippen LogP contribution >= 0.6 is 0 Å². The molecule has 19 heavy (non-hydrogen) atoms. The van der Waals surface area contributed by atoms with Crippen LogP contribution in [0.5, 0.6) is 0 Å². The number of rotatable bonds is 3. The summed E-state index contributed by atoms with van der Waals surface area (Å²) in [5.41, 5.74) is 2.37. The van der Waals surface area contributed by atoms with Crippen LogP contribution < -0.4 is 4.90 Å². The monoisotopic (exact) mass is 261 g/mol. The van der Waals surface area contributed by atoms with E-state index in [0.29, 0.717) is 17.5 Å². The highest BCUT2D eigenvalue weighted by Gasteiger charge is 2.27. The number of carboxylic acids is 1. The van der Waals surface area contributed by atoms with Crippen molar-refractivity contribution in [2.75, 3.05) is 11.9 Å². The molecule has 0 bridgehead atoms. The zero-order chi connectivity index (χ0) is 14.0. The number of nitrogens with zero attached hydrogens (tertiary/aromatic N) is 1. The van der Waals surface area contributed by atoms with Gasteiger partial charge in [-0.3, -0.25) is 0 Å². The van der Waals surface area contributed by atoms with Gasteiger partial charge in [0.25, 0.3) is 0 Å². The lowest BCUT2D eigenvalue weighted by Crippen LogP contribution is -2.39. The Balaban J connectivity index is 2.34. The standard InChI is InChI=1S/C16H23NO2/c1-11-8-9-13(16(18)19)15(10-11)17(3)14-7-5-4-6-12(14)2/h8-10,12,14H,4-7H2,1-3H3,(H,18,19). The Bertz CT molecular complexity index is 470. The van der Waals surface area contributed by atoms with Crippen LogP contribution in [0.15, 0.2) is 18.2 Å². The molecule has 2 unspecified atom stereocenters. The molecule has 0 spiro atoms. The fraction of sp³-hybridized carbons (Fsp3) is 0.562. The van der Waals surface area contributed by atoms with Crippen LogP contribution in [0.25, 0.3) is 0 Å². The Kier molecular flexibility index (Phi) is 4.13. The van der Waals surface area contributed by atoms with Gasteiger partial charge in [-0.05, 0) is 43.4 Å². The highest BCUT2D eigenvalue weighted by molar-refractivity contribution is 5.94. The summed E-state index contributed by atoms with van der Waals surface area (Å²) in [5, 5.41) is 9.34. The first kappa shape index (κ1) is 13.9. The Morgan fingerprint density at radius 3 is 2.63 bits per heavy atom. The van der Waals surface area contributed by atoms with E-state index in [9.17, 15) is 9.90 Å². The van der Waals surface area contributed by atoms with Gasteiger partial charge in [0.15, 0.2) is 0 Å². The smallest absolute Gasteiger partial charge is 0.337 e. The summed E-state index contributed by atoms with van der Waals surface area (Å²) in [5.74, 6) is -0.216. The van der Waals surface area contributed by atoms with E-state index < -0.39 is 5.97 Å². The van der Waals surface area contributed by atoms with E-state index in [1.165, 1.54) is 19.3 Å². The Labute approximate surface area is 115 Å². The molecule has 1 saturated carbocycles. The average molecular weight is 261 g/mol. The van der Waals surface area contributed by atoms with Gasteiger partial charge >= 0.3 is 5.97 Å². The summed E-state index contributed by atoms with van der Waals surface area (Å²) >= 11 is 0. The molecule has 1 aromatic rings. The molecule has 2 rings (SSSR count). The Morgan fingerprint density at radius 1 is 1.32 bits per heavy atom. The van der Waals surface area contributed by atoms with Crippen molar-refractivity contribution in [3.63, 3.8) is 0 Å². The van der Waals surface area contributed by atoms with E-state index >= 15 is 0 Å². The minimum absolute atomic E-state index is 0.408. The van der Waals surface area contributed by atoms with Crippen molar-refractivity contribution in [2.45, 2.75) is 45.6 Å². The summed E-state index contributed by atoms with van der Waals surface area (Å²) in [6, 6.07) is 6.03. The molecule has 0 aliphatic heterocycles. The van der Waals surface area contributed by atoms with Crippen molar-refractivity contribution in [3.8, 4) is 0 Å². The number of aromatic carboxylic acids is 1. The molecule has 1 aliphatic carbocycles. The number of benzene rings is 1. The van der Waals surface area contributed by atoms with Crippen molar-refractivity contribution < 1.29 is 9.90 Å². The summed E-state index contributed by atoms with van der Waals surface area (Å²) in [6.07, 6.45) is 4.94. The molecular formula is C16H23NO2. The van der Waals surface area contributed by atoms with Crippen LogP contribution in [0, 0.1) is 12.8 Å². The number of hydrogen-bond donors (Lipinski definition) is 1. The highest BCUT2D eigenvalue weighted by atomic mass is 16.4. The first-order valence-electron chi connectivity index (χ1n) is 7.07. The van der Waals surface area contributed by atoms with Crippen molar-refractivity contribution in [1.82, 2.24) is 0 Å². The Hall–Kier alpha value is -1.51. The van der Waals surface area contributed by atoms with Gasteiger partial charge in [0.1, 0.15) is 0 Å². The topological polar surface area (TPSA) is 40.5 Å². The van der Waals surface area contributed by atoms with E-state index in [-0.39, 0.29) is 0 Å². The quantitative estimate of drug-likeness (QED) is 0.901. The fourth-order valence-electron chi connectivity index (χ4n) is 3.17. The molecule has 0 saturated heterocycles. The molecule has 2 atom stereocenters. The number of aryl methyl sites for hydroxylation is 1. The van der Waals surface area contributed by atoms with E-state index in [2.05, 4.69) is 11.8 Å². The largest absolute Gasteiger partial charge is 0.478 e.